The lowest BCUT2D eigenvalue weighted by atomic mass is 10.3. The summed E-state index contributed by atoms with van der Waals surface area (Å²) < 4.78 is 27.9. The van der Waals surface area contributed by atoms with E-state index in [9.17, 15) is 8.42 Å². The second-order valence-corrected chi connectivity index (χ2v) is 9.85. The summed E-state index contributed by atoms with van der Waals surface area (Å²) >= 11 is 8.92. The summed E-state index contributed by atoms with van der Waals surface area (Å²) in [5, 5.41) is 1.33. The number of nitrogens with zero attached hydrogens (tertiary/aromatic N) is 1. The maximum Gasteiger partial charge on any atom is 0.263 e. The molecular weight excluding hydrogens is 384 g/mol. The molecule has 24 heavy (non-hydrogen) atoms. The fourth-order valence-electron chi connectivity index (χ4n) is 2.18. The van der Waals surface area contributed by atoms with Gasteiger partial charge in [-0.3, -0.25) is 4.72 Å². The van der Waals surface area contributed by atoms with Gasteiger partial charge in [0.2, 0.25) is 0 Å². The molecule has 126 valence electrons. The zero-order chi connectivity index (χ0) is 17.5. The van der Waals surface area contributed by atoms with Crippen LogP contribution in [0.3, 0.4) is 0 Å². The average Bonchev–Trinajstić information content (AvgIpc) is 3.03. The van der Waals surface area contributed by atoms with Crippen molar-refractivity contribution in [1.29, 1.82) is 0 Å². The van der Waals surface area contributed by atoms with Crippen molar-refractivity contribution >= 4 is 50.0 Å². The van der Waals surface area contributed by atoms with Gasteiger partial charge in [-0.15, -0.1) is 22.7 Å². The molecule has 4 nitrogen and oxygen atoms in total. The van der Waals surface area contributed by atoms with Crippen molar-refractivity contribution in [2.24, 2.45) is 0 Å². The lowest BCUT2D eigenvalue weighted by Gasteiger charge is -2.07. The molecule has 0 atom stereocenters. The van der Waals surface area contributed by atoms with Crippen LogP contribution in [0.2, 0.25) is 5.02 Å². The van der Waals surface area contributed by atoms with Crippen LogP contribution in [0.1, 0.15) is 15.4 Å². The van der Waals surface area contributed by atoms with E-state index < -0.39 is 10.0 Å². The van der Waals surface area contributed by atoms with Gasteiger partial charge in [-0.2, -0.15) is 0 Å². The topological polar surface area (TPSA) is 59.1 Å². The zero-order valence-corrected chi connectivity index (χ0v) is 16.5. The van der Waals surface area contributed by atoms with Gasteiger partial charge in [0.15, 0.2) is 0 Å². The summed E-state index contributed by atoms with van der Waals surface area (Å²) in [5.74, 6) is 0. The van der Waals surface area contributed by atoms with Gasteiger partial charge in [0.05, 0.1) is 16.3 Å². The highest BCUT2D eigenvalue weighted by Crippen LogP contribution is 2.37. The summed E-state index contributed by atoms with van der Waals surface area (Å²) in [7, 11) is -3.67. The summed E-state index contributed by atoms with van der Waals surface area (Å²) in [6.45, 7) is 5.76. The van der Waals surface area contributed by atoms with E-state index in [-0.39, 0.29) is 4.90 Å². The van der Waals surface area contributed by atoms with Gasteiger partial charge >= 0.3 is 0 Å². The van der Waals surface area contributed by atoms with Crippen LogP contribution in [0.15, 0.2) is 35.2 Å². The van der Waals surface area contributed by atoms with E-state index in [1.807, 2.05) is 13.8 Å². The predicted octanol–water partition coefficient (Wildman–Crippen LogP) is 5.25. The smallest absolute Gasteiger partial charge is 0.263 e. The minimum atomic E-state index is -3.67. The molecule has 0 saturated heterocycles. The van der Waals surface area contributed by atoms with Crippen molar-refractivity contribution in [2.45, 2.75) is 25.7 Å². The molecule has 3 aromatic rings. The average molecular weight is 399 g/mol. The molecule has 0 aliphatic carbocycles. The molecule has 0 spiro atoms. The van der Waals surface area contributed by atoms with Gasteiger partial charge < -0.3 is 0 Å². The van der Waals surface area contributed by atoms with Crippen molar-refractivity contribution in [2.75, 3.05) is 4.72 Å². The number of aryl methyl sites for hydroxylation is 3. The maximum absolute atomic E-state index is 12.7. The molecule has 0 aliphatic heterocycles. The monoisotopic (exact) mass is 398 g/mol. The standard InChI is InChI=1S/C16H15ClN2O2S3/c1-9-10(2)23-16(18-9)14-8-15(11(3)22-14)24(20,21)19-13-6-4-5-12(17)7-13/h4-8,19H,1-3H3. The van der Waals surface area contributed by atoms with E-state index >= 15 is 0 Å². The first-order valence-corrected chi connectivity index (χ1v) is 10.6. The first kappa shape index (κ1) is 17.4. The Balaban J connectivity index is 1.96. The van der Waals surface area contributed by atoms with Gasteiger partial charge in [-0.1, -0.05) is 17.7 Å². The molecule has 8 heteroatoms. The number of aromatic nitrogens is 1. The number of hydrogen-bond donors (Lipinski definition) is 1. The Hall–Kier alpha value is -1.41. The van der Waals surface area contributed by atoms with Gasteiger partial charge in [-0.25, -0.2) is 13.4 Å². The van der Waals surface area contributed by atoms with E-state index in [0.717, 1.165) is 25.3 Å². The Morgan fingerprint density at radius 3 is 2.46 bits per heavy atom. The molecule has 0 unspecified atom stereocenters. The summed E-state index contributed by atoms with van der Waals surface area (Å²) in [4.78, 5) is 7.50. The fourth-order valence-corrected chi connectivity index (χ4v) is 5.97. The molecule has 1 aromatic carbocycles. The lowest BCUT2D eigenvalue weighted by molar-refractivity contribution is 0.601. The van der Waals surface area contributed by atoms with E-state index in [2.05, 4.69) is 9.71 Å². The number of sulfonamides is 1. The van der Waals surface area contributed by atoms with Crippen LogP contribution < -0.4 is 4.72 Å². The van der Waals surface area contributed by atoms with Crippen LogP contribution in [0.4, 0.5) is 5.69 Å². The van der Waals surface area contributed by atoms with Crippen LogP contribution in [0.5, 0.6) is 0 Å². The highest BCUT2D eigenvalue weighted by atomic mass is 35.5. The van der Waals surface area contributed by atoms with Gasteiger partial charge in [0.25, 0.3) is 10.0 Å². The van der Waals surface area contributed by atoms with Crippen LogP contribution in [-0.4, -0.2) is 13.4 Å². The molecule has 1 N–H and O–H groups in total. The van der Waals surface area contributed by atoms with Crippen LogP contribution >= 0.6 is 34.3 Å². The maximum atomic E-state index is 12.7. The molecule has 2 aromatic heterocycles. The van der Waals surface area contributed by atoms with Crippen molar-refractivity contribution in [3.05, 3.63) is 50.8 Å². The number of rotatable bonds is 4. The van der Waals surface area contributed by atoms with Crippen molar-refractivity contribution in [1.82, 2.24) is 4.98 Å². The normalized spacial score (nSPS) is 11.7. The number of halogens is 1. The largest absolute Gasteiger partial charge is 0.280 e. The number of anilines is 1. The third-order valence-corrected chi connectivity index (χ3v) is 7.64. The minimum absolute atomic E-state index is 0.271. The number of hydrogen-bond acceptors (Lipinski definition) is 5. The highest BCUT2D eigenvalue weighted by Gasteiger charge is 2.22. The van der Waals surface area contributed by atoms with Crippen molar-refractivity contribution in [3.8, 4) is 9.88 Å². The molecule has 0 radical (unpaired) electrons. The zero-order valence-electron chi connectivity index (χ0n) is 13.3. The Morgan fingerprint density at radius 2 is 1.83 bits per heavy atom. The quantitative estimate of drug-likeness (QED) is 0.652. The van der Waals surface area contributed by atoms with Gasteiger partial charge in [-0.05, 0) is 45.0 Å². The Bertz CT molecular complexity index is 987. The van der Waals surface area contributed by atoms with Crippen LogP contribution in [-0.2, 0) is 10.0 Å². The van der Waals surface area contributed by atoms with E-state index in [1.165, 1.54) is 11.3 Å². The van der Waals surface area contributed by atoms with Crippen LogP contribution in [0, 0.1) is 20.8 Å². The van der Waals surface area contributed by atoms with Crippen LogP contribution in [0.25, 0.3) is 9.88 Å². The lowest BCUT2D eigenvalue weighted by Crippen LogP contribution is -2.12. The Morgan fingerprint density at radius 1 is 1.08 bits per heavy atom. The Kier molecular flexibility index (Phi) is 4.70. The molecule has 0 amide bonds. The predicted molar refractivity (Wildman–Crippen MR) is 102 cm³/mol. The molecule has 0 aliphatic rings. The molecular formula is C16H15ClN2O2S3. The second-order valence-electron chi connectivity index (χ2n) is 5.31. The van der Waals surface area contributed by atoms with Crippen molar-refractivity contribution < 1.29 is 8.42 Å². The van der Waals surface area contributed by atoms with Gasteiger partial charge in [0.1, 0.15) is 9.90 Å². The number of benzene rings is 1. The van der Waals surface area contributed by atoms with E-state index in [4.69, 9.17) is 11.6 Å². The van der Waals surface area contributed by atoms with E-state index in [1.54, 1.807) is 48.6 Å². The first-order valence-electron chi connectivity index (χ1n) is 7.09. The highest BCUT2D eigenvalue weighted by molar-refractivity contribution is 7.93. The molecule has 0 bridgehead atoms. The van der Waals surface area contributed by atoms with E-state index in [0.29, 0.717) is 10.7 Å². The number of thiophene rings is 1. The molecule has 0 saturated carbocycles. The number of nitrogens with one attached hydrogen (secondary N) is 1. The number of thiazole rings is 1. The SMILES string of the molecule is Cc1nc(-c2cc(S(=O)(=O)Nc3cccc(Cl)c3)c(C)s2)sc1C. The molecule has 0 fully saturated rings. The summed E-state index contributed by atoms with van der Waals surface area (Å²) in [6.07, 6.45) is 0. The third-order valence-electron chi connectivity index (χ3n) is 3.48. The first-order chi connectivity index (χ1) is 11.3. The van der Waals surface area contributed by atoms with Gasteiger partial charge in [0, 0.05) is 14.8 Å². The third kappa shape index (κ3) is 3.49. The fraction of sp³-hybridized carbons (Fsp3) is 0.188. The van der Waals surface area contributed by atoms with Crippen molar-refractivity contribution in [3.63, 3.8) is 0 Å². The molecule has 2 heterocycles. The second kappa shape index (κ2) is 6.48. The molecule has 3 rings (SSSR count). The minimum Gasteiger partial charge on any atom is -0.280 e. The Labute approximate surface area is 154 Å². The summed E-state index contributed by atoms with van der Waals surface area (Å²) in [5.41, 5.74) is 1.41. The summed E-state index contributed by atoms with van der Waals surface area (Å²) in [6, 6.07) is 8.33.